The first-order chi connectivity index (χ1) is 12.8. The molecule has 3 fully saturated rings. The molecule has 1 aromatic heterocycles. The summed E-state index contributed by atoms with van der Waals surface area (Å²) in [7, 11) is 0. The van der Waals surface area contributed by atoms with Crippen LogP contribution in [0.1, 0.15) is 49.3 Å². The molecule has 1 aromatic rings. The van der Waals surface area contributed by atoms with E-state index in [9.17, 15) is 5.11 Å². The van der Waals surface area contributed by atoms with Crippen molar-refractivity contribution in [3.8, 4) is 0 Å². The molecule has 6 nitrogen and oxygen atoms in total. The van der Waals surface area contributed by atoms with Crippen LogP contribution in [-0.4, -0.2) is 77.6 Å². The molecule has 2 aliphatic heterocycles. The maximum Gasteiger partial charge on any atom is 0.0594 e. The summed E-state index contributed by atoms with van der Waals surface area (Å²) in [6.07, 6.45) is 8.71. The van der Waals surface area contributed by atoms with E-state index in [1.807, 2.05) is 6.20 Å². The molecule has 2 N–H and O–H groups in total. The van der Waals surface area contributed by atoms with Crippen molar-refractivity contribution < 1.29 is 9.84 Å². The maximum absolute atomic E-state index is 9.88. The lowest BCUT2D eigenvalue weighted by Gasteiger charge is -2.30. The molecular weight excluding hydrogens is 328 g/mol. The topological polar surface area (TPSA) is 64.6 Å². The number of nitrogens with one attached hydrogen (secondary N) is 1. The van der Waals surface area contributed by atoms with Crippen LogP contribution >= 0.6 is 0 Å². The fourth-order valence-corrected chi connectivity index (χ4v) is 5.13. The van der Waals surface area contributed by atoms with E-state index in [1.165, 1.54) is 43.4 Å². The first-order valence-electron chi connectivity index (χ1n) is 10.5. The molecule has 146 valence electrons. The summed E-state index contributed by atoms with van der Waals surface area (Å²) >= 11 is 0. The highest BCUT2D eigenvalue weighted by molar-refractivity contribution is 5.21. The molecule has 1 aliphatic carbocycles. The summed E-state index contributed by atoms with van der Waals surface area (Å²) in [4.78, 5) is 5.04. The van der Waals surface area contributed by atoms with Gasteiger partial charge in [0.2, 0.25) is 0 Å². The molecule has 0 unspecified atom stereocenters. The van der Waals surface area contributed by atoms with Crippen LogP contribution in [0.15, 0.2) is 6.20 Å². The van der Waals surface area contributed by atoms with Crippen molar-refractivity contribution in [1.29, 1.82) is 0 Å². The van der Waals surface area contributed by atoms with Crippen molar-refractivity contribution >= 4 is 0 Å². The van der Waals surface area contributed by atoms with E-state index in [4.69, 9.17) is 4.74 Å². The number of aliphatic hydroxyl groups excluding tert-OH is 1. The highest BCUT2D eigenvalue weighted by Crippen LogP contribution is 2.34. The van der Waals surface area contributed by atoms with Gasteiger partial charge in [-0.05, 0) is 24.7 Å². The number of aromatic amines is 1. The van der Waals surface area contributed by atoms with Gasteiger partial charge in [0.25, 0.3) is 0 Å². The Hall–Kier alpha value is -0.950. The molecule has 26 heavy (non-hydrogen) atoms. The highest BCUT2D eigenvalue weighted by atomic mass is 16.5. The second-order valence-electron chi connectivity index (χ2n) is 8.45. The summed E-state index contributed by atoms with van der Waals surface area (Å²) in [5.41, 5.74) is 2.75. The number of likely N-dealkylation sites (tertiary alicyclic amines) is 1. The van der Waals surface area contributed by atoms with Gasteiger partial charge in [0.1, 0.15) is 0 Å². The number of hydrogen-bond donors (Lipinski definition) is 2. The van der Waals surface area contributed by atoms with E-state index >= 15 is 0 Å². The number of H-pyrrole nitrogens is 1. The molecule has 0 aromatic carbocycles. The normalized spacial score (nSPS) is 29.4. The average molecular weight is 363 g/mol. The van der Waals surface area contributed by atoms with Gasteiger partial charge in [0.15, 0.2) is 0 Å². The Balaban J connectivity index is 1.36. The van der Waals surface area contributed by atoms with Crippen molar-refractivity contribution in [2.45, 2.75) is 44.6 Å². The fraction of sp³-hybridized carbons (Fsp3) is 0.850. The molecule has 6 heteroatoms. The number of ether oxygens (including phenoxy) is 1. The van der Waals surface area contributed by atoms with Gasteiger partial charge in [-0.3, -0.25) is 14.9 Å². The third-order valence-corrected chi connectivity index (χ3v) is 6.64. The average Bonchev–Trinajstić information content (AvgIpc) is 3.30. The van der Waals surface area contributed by atoms with Gasteiger partial charge in [0.05, 0.1) is 19.4 Å². The van der Waals surface area contributed by atoms with E-state index in [0.29, 0.717) is 24.4 Å². The number of morpholine rings is 1. The number of hydrogen-bond acceptors (Lipinski definition) is 5. The molecule has 3 heterocycles. The van der Waals surface area contributed by atoms with Gasteiger partial charge < -0.3 is 9.84 Å². The van der Waals surface area contributed by atoms with Gasteiger partial charge in [-0.15, -0.1) is 0 Å². The van der Waals surface area contributed by atoms with Crippen LogP contribution in [0.4, 0.5) is 0 Å². The molecule has 3 aliphatic rings. The molecule has 4 rings (SSSR count). The zero-order chi connectivity index (χ0) is 17.8. The second-order valence-corrected chi connectivity index (χ2v) is 8.45. The molecule has 2 saturated heterocycles. The minimum absolute atomic E-state index is 0.298. The summed E-state index contributed by atoms with van der Waals surface area (Å²) < 4.78 is 5.47. The Labute approximate surface area is 156 Å². The monoisotopic (exact) mass is 362 g/mol. The van der Waals surface area contributed by atoms with E-state index in [-0.39, 0.29) is 0 Å². The molecule has 1 saturated carbocycles. The fourth-order valence-electron chi connectivity index (χ4n) is 5.13. The third-order valence-electron chi connectivity index (χ3n) is 6.64. The lowest BCUT2D eigenvalue weighted by atomic mass is 9.85. The van der Waals surface area contributed by atoms with Crippen LogP contribution in [0, 0.1) is 11.8 Å². The van der Waals surface area contributed by atoms with Gasteiger partial charge in [-0.2, -0.15) is 5.10 Å². The van der Waals surface area contributed by atoms with Crippen LogP contribution in [0.25, 0.3) is 0 Å². The molecule has 0 radical (unpaired) electrons. The Morgan fingerprint density at radius 3 is 2.62 bits per heavy atom. The summed E-state index contributed by atoms with van der Waals surface area (Å²) in [6, 6.07) is 0. The zero-order valence-corrected chi connectivity index (χ0v) is 15.9. The summed E-state index contributed by atoms with van der Waals surface area (Å²) in [5.74, 6) is 1.62. The quantitative estimate of drug-likeness (QED) is 0.808. The standard InChI is InChI=1S/C20H34N4O2/c25-15-19-14-24(13-18(19)12-23-6-8-26-9-7-23)11-17-10-21-22-20(17)16-4-2-1-3-5-16/h10,16,18-19,25H,1-9,11-15H2,(H,21,22)/t18-,19-/m1/s1. The van der Waals surface area contributed by atoms with Crippen molar-refractivity contribution in [3.05, 3.63) is 17.5 Å². The summed E-state index contributed by atoms with van der Waals surface area (Å²) in [6.45, 7) is 8.19. The van der Waals surface area contributed by atoms with Gasteiger partial charge in [-0.1, -0.05) is 19.3 Å². The van der Waals surface area contributed by atoms with Crippen molar-refractivity contribution in [3.63, 3.8) is 0 Å². The van der Waals surface area contributed by atoms with Crippen LogP contribution in [-0.2, 0) is 11.3 Å². The number of rotatable bonds is 6. The molecular formula is C20H34N4O2. The first-order valence-corrected chi connectivity index (χ1v) is 10.5. The summed E-state index contributed by atoms with van der Waals surface area (Å²) in [5, 5.41) is 17.6. The number of aromatic nitrogens is 2. The minimum Gasteiger partial charge on any atom is -0.396 e. The Morgan fingerprint density at radius 2 is 1.85 bits per heavy atom. The van der Waals surface area contributed by atoms with Gasteiger partial charge in [0, 0.05) is 63.1 Å². The lowest BCUT2D eigenvalue weighted by Crippen LogP contribution is -2.41. The zero-order valence-electron chi connectivity index (χ0n) is 15.9. The SMILES string of the molecule is OC[C@H]1CN(Cc2cn[nH]c2C2CCCCC2)C[C@H]1CN1CCOCC1. The van der Waals surface area contributed by atoms with Gasteiger partial charge in [-0.25, -0.2) is 0 Å². The van der Waals surface area contributed by atoms with Crippen molar-refractivity contribution in [1.82, 2.24) is 20.0 Å². The first kappa shape index (κ1) is 18.4. The Morgan fingerprint density at radius 1 is 1.08 bits per heavy atom. The van der Waals surface area contributed by atoms with Crippen molar-refractivity contribution in [2.24, 2.45) is 11.8 Å². The predicted molar refractivity (Wildman–Crippen MR) is 101 cm³/mol. The van der Waals surface area contributed by atoms with E-state index in [2.05, 4.69) is 20.0 Å². The van der Waals surface area contributed by atoms with Crippen molar-refractivity contribution in [2.75, 3.05) is 52.5 Å². The van der Waals surface area contributed by atoms with Crippen LogP contribution in [0.5, 0.6) is 0 Å². The predicted octanol–water partition coefficient (Wildman–Crippen LogP) is 1.83. The number of aliphatic hydroxyl groups is 1. The highest BCUT2D eigenvalue weighted by Gasteiger charge is 2.34. The maximum atomic E-state index is 9.88. The second kappa shape index (κ2) is 8.83. The van der Waals surface area contributed by atoms with Crippen LogP contribution in [0.3, 0.4) is 0 Å². The molecule has 0 bridgehead atoms. The van der Waals surface area contributed by atoms with E-state index < -0.39 is 0 Å². The molecule has 2 atom stereocenters. The largest absolute Gasteiger partial charge is 0.396 e. The smallest absolute Gasteiger partial charge is 0.0594 e. The van der Waals surface area contributed by atoms with Crippen LogP contribution in [0.2, 0.25) is 0 Å². The minimum atomic E-state index is 0.298. The third kappa shape index (κ3) is 4.30. The molecule has 0 amide bonds. The van der Waals surface area contributed by atoms with E-state index in [1.54, 1.807) is 0 Å². The Bertz CT molecular complexity index is 552. The van der Waals surface area contributed by atoms with E-state index in [0.717, 1.165) is 52.5 Å². The van der Waals surface area contributed by atoms with Crippen LogP contribution < -0.4 is 0 Å². The number of nitrogens with zero attached hydrogens (tertiary/aromatic N) is 3. The Kier molecular flexibility index (Phi) is 6.25. The van der Waals surface area contributed by atoms with Gasteiger partial charge >= 0.3 is 0 Å². The lowest BCUT2D eigenvalue weighted by molar-refractivity contribution is 0.0264. The molecule has 0 spiro atoms.